The largest absolute Gasteiger partial charge is 0.398 e. The monoisotopic (exact) mass is 307 g/mol. The van der Waals surface area contributed by atoms with Crippen molar-refractivity contribution >= 4 is 26.3 Å². The summed E-state index contributed by atoms with van der Waals surface area (Å²) in [5.41, 5.74) is 5.81. The van der Waals surface area contributed by atoms with E-state index in [1.165, 1.54) is 12.1 Å². The van der Waals surface area contributed by atoms with Gasteiger partial charge in [0.05, 0.1) is 26.2 Å². The van der Waals surface area contributed by atoms with Gasteiger partial charge in [-0.3, -0.25) is 4.21 Å². The van der Waals surface area contributed by atoms with Gasteiger partial charge in [-0.25, -0.2) is 12.8 Å². The second-order valence-corrected chi connectivity index (χ2v) is 9.56. The van der Waals surface area contributed by atoms with Crippen molar-refractivity contribution in [3.8, 4) is 0 Å². The summed E-state index contributed by atoms with van der Waals surface area (Å²) < 4.78 is 48.0. The number of nitrogens with two attached hydrogens (primary N) is 1. The highest BCUT2D eigenvalue weighted by Crippen LogP contribution is 2.20. The van der Waals surface area contributed by atoms with Crippen LogP contribution in [0.15, 0.2) is 23.1 Å². The van der Waals surface area contributed by atoms with Gasteiger partial charge in [-0.2, -0.15) is 0 Å². The van der Waals surface area contributed by atoms with Gasteiger partial charge in [-0.05, 0) is 39.0 Å². The molecule has 0 bridgehead atoms. The normalized spacial score (nSPS) is 14.3. The van der Waals surface area contributed by atoms with E-state index in [4.69, 9.17) is 5.73 Å². The van der Waals surface area contributed by atoms with Crippen LogP contribution < -0.4 is 5.73 Å². The minimum atomic E-state index is -3.35. The Balaban J connectivity index is 2.85. The van der Waals surface area contributed by atoms with Crippen LogP contribution in [0.5, 0.6) is 0 Å². The van der Waals surface area contributed by atoms with Crippen molar-refractivity contribution < 1.29 is 17.0 Å². The molecule has 1 aromatic rings. The lowest BCUT2D eigenvalue weighted by Crippen LogP contribution is -2.32. The molecule has 0 heterocycles. The number of hydrogen-bond donors (Lipinski definition) is 1. The van der Waals surface area contributed by atoms with Crippen LogP contribution in [0.4, 0.5) is 10.1 Å². The topological polar surface area (TPSA) is 77.2 Å². The molecule has 1 unspecified atom stereocenters. The Labute approximate surface area is 115 Å². The van der Waals surface area contributed by atoms with Crippen molar-refractivity contribution in [1.82, 2.24) is 0 Å². The van der Waals surface area contributed by atoms with Crippen LogP contribution in [0.3, 0.4) is 0 Å². The van der Waals surface area contributed by atoms with Crippen molar-refractivity contribution in [3.05, 3.63) is 24.0 Å². The lowest BCUT2D eigenvalue weighted by atomic mass is 10.3. The number of halogens is 1. The molecule has 1 aromatic carbocycles. The molecule has 0 spiro atoms. The van der Waals surface area contributed by atoms with Crippen LogP contribution in [0.1, 0.15) is 20.8 Å². The van der Waals surface area contributed by atoms with E-state index in [0.717, 1.165) is 6.07 Å². The van der Waals surface area contributed by atoms with Gasteiger partial charge < -0.3 is 5.73 Å². The van der Waals surface area contributed by atoms with Crippen LogP contribution in [-0.2, 0) is 20.6 Å². The molecule has 0 aliphatic rings. The highest BCUT2D eigenvalue weighted by molar-refractivity contribution is 7.94. The molecule has 1 atom stereocenters. The van der Waals surface area contributed by atoms with E-state index in [9.17, 15) is 17.0 Å². The van der Waals surface area contributed by atoms with Gasteiger partial charge in [-0.1, -0.05) is 0 Å². The highest BCUT2D eigenvalue weighted by Gasteiger charge is 2.29. The summed E-state index contributed by atoms with van der Waals surface area (Å²) in [7, 11) is -4.98. The highest BCUT2D eigenvalue weighted by atomic mass is 32.2. The molecule has 0 radical (unpaired) electrons. The number of benzene rings is 1. The molecule has 1 rings (SSSR count). The van der Waals surface area contributed by atoms with Gasteiger partial charge in [0.25, 0.3) is 0 Å². The molecule has 7 heteroatoms. The number of hydrogen-bond acceptors (Lipinski definition) is 4. The Hall–Kier alpha value is -0.950. The van der Waals surface area contributed by atoms with Crippen molar-refractivity contribution in [1.29, 1.82) is 0 Å². The third-order valence-electron chi connectivity index (χ3n) is 2.69. The van der Waals surface area contributed by atoms with Gasteiger partial charge in [-0.15, -0.1) is 0 Å². The first kappa shape index (κ1) is 16.1. The Morgan fingerprint density at radius 1 is 1.32 bits per heavy atom. The number of sulfone groups is 1. The summed E-state index contributed by atoms with van der Waals surface area (Å²) in [5.74, 6) is -0.858. The van der Waals surface area contributed by atoms with E-state index in [0.29, 0.717) is 0 Å². The summed E-state index contributed by atoms with van der Waals surface area (Å²) >= 11 is 0. The van der Waals surface area contributed by atoms with Gasteiger partial charge in [0.15, 0.2) is 9.84 Å². The molecule has 4 nitrogen and oxygen atoms in total. The molecular weight excluding hydrogens is 289 g/mol. The molecule has 0 aliphatic carbocycles. The van der Waals surface area contributed by atoms with E-state index >= 15 is 0 Å². The SMILES string of the molecule is CC(C)(C)S(=O)(=O)CCS(=O)c1cc(F)ccc1N. The van der Waals surface area contributed by atoms with Crippen molar-refractivity contribution in [2.75, 3.05) is 17.2 Å². The molecule has 0 amide bonds. The second kappa shape index (κ2) is 5.58. The van der Waals surface area contributed by atoms with E-state index in [2.05, 4.69) is 0 Å². The van der Waals surface area contributed by atoms with Crippen LogP contribution in [-0.4, -0.2) is 28.9 Å². The maximum Gasteiger partial charge on any atom is 0.156 e. The minimum Gasteiger partial charge on any atom is -0.398 e. The van der Waals surface area contributed by atoms with Crippen LogP contribution in [0.25, 0.3) is 0 Å². The second-order valence-electron chi connectivity index (χ2n) is 5.16. The maximum atomic E-state index is 13.1. The van der Waals surface area contributed by atoms with Gasteiger partial charge in [0.1, 0.15) is 5.82 Å². The molecule has 0 saturated heterocycles. The zero-order valence-electron chi connectivity index (χ0n) is 11.1. The summed E-state index contributed by atoms with van der Waals surface area (Å²) in [6, 6.07) is 3.57. The minimum absolute atomic E-state index is 0.0900. The number of nitrogen functional groups attached to an aromatic ring is 1. The lowest BCUT2D eigenvalue weighted by Gasteiger charge is -2.18. The molecule has 0 aromatic heterocycles. The van der Waals surface area contributed by atoms with Crippen molar-refractivity contribution in [3.63, 3.8) is 0 Å². The molecule has 2 N–H and O–H groups in total. The van der Waals surface area contributed by atoms with E-state index in [1.807, 2.05) is 0 Å². The lowest BCUT2D eigenvalue weighted by molar-refractivity contribution is 0.561. The fourth-order valence-electron chi connectivity index (χ4n) is 1.31. The average Bonchev–Trinajstić information content (AvgIpc) is 2.28. The predicted molar refractivity (Wildman–Crippen MR) is 75.6 cm³/mol. The Morgan fingerprint density at radius 3 is 2.42 bits per heavy atom. The third kappa shape index (κ3) is 4.01. The van der Waals surface area contributed by atoms with Crippen LogP contribution in [0.2, 0.25) is 0 Å². The number of rotatable bonds is 4. The fourth-order valence-corrected chi connectivity index (χ4v) is 4.20. The fraction of sp³-hybridized carbons (Fsp3) is 0.500. The van der Waals surface area contributed by atoms with Gasteiger partial charge >= 0.3 is 0 Å². The smallest absolute Gasteiger partial charge is 0.156 e. The van der Waals surface area contributed by atoms with Gasteiger partial charge in [0, 0.05) is 11.4 Å². The third-order valence-corrected chi connectivity index (χ3v) is 6.98. The Morgan fingerprint density at radius 2 is 1.89 bits per heavy atom. The summed E-state index contributed by atoms with van der Waals surface area (Å²) in [5, 5.41) is 0. The van der Waals surface area contributed by atoms with Crippen LogP contribution in [0, 0.1) is 5.82 Å². The standard InChI is InChI=1S/C12H18FNO3S2/c1-12(2,3)19(16,17)7-6-18(15)11-8-9(13)4-5-10(11)14/h4-5,8H,6-7,14H2,1-3H3. The Kier molecular flexibility index (Phi) is 4.73. The summed E-state index contributed by atoms with van der Waals surface area (Å²) in [6.07, 6.45) is 0. The summed E-state index contributed by atoms with van der Waals surface area (Å²) in [6.45, 7) is 4.76. The number of anilines is 1. The van der Waals surface area contributed by atoms with E-state index in [1.54, 1.807) is 20.8 Å². The maximum absolute atomic E-state index is 13.1. The average molecular weight is 307 g/mol. The molecule has 108 valence electrons. The van der Waals surface area contributed by atoms with Gasteiger partial charge in [0.2, 0.25) is 0 Å². The zero-order valence-corrected chi connectivity index (χ0v) is 12.8. The quantitative estimate of drug-likeness (QED) is 0.859. The predicted octanol–water partition coefficient (Wildman–Crippen LogP) is 1.73. The van der Waals surface area contributed by atoms with Crippen molar-refractivity contribution in [2.24, 2.45) is 0 Å². The first-order chi connectivity index (χ1) is 8.54. The molecule has 0 saturated carbocycles. The molecular formula is C12H18FNO3S2. The van der Waals surface area contributed by atoms with Crippen LogP contribution >= 0.6 is 0 Å². The van der Waals surface area contributed by atoms with E-state index < -0.39 is 31.2 Å². The van der Waals surface area contributed by atoms with E-state index in [-0.39, 0.29) is 22.1 Å². The summed E-state index contributed by atoms with van der Waals surface area (Å²) in [4.78, 5) is 0.143. The Bertz CT molecular complexity index is 591. The first-order valence-electron chi connectivity index (χ1n) is 5.70. The molecule has 0 aliphatic heterocycles. The molecule has 19 heavy (non-hydrogen) atoms. The zero-order chi connectivity index (χ0) is 14.8. The molecule has 0 fully saturated rings. The first-order valence-corrected chi connectivity index (χ1v) is 8.67. The van der Waals surface area contributed by atoms with Crippen molar-refractivity contribution in [2.45, 2.75) is 30.4 Å².